The maximum Gasteiger partial charge on any atom is 0.323 e. The van der Waals surface area contributed by atoms with Crippen molar-refractivity contribution in [2.24, 2.45) is 11.5 Å². The third-order valence-electron chi connectivity index (χ3n) is 3.14. The van der Waals surface area contributed by atoms with Gasteiger partial charge in [0.25, 0.3) is 0 Å². The molecule has 21 heavy (non-hydrogen) atoms. The lowest BCUT2D eigenvalue weighted by molar-refractivity contribution is -0.146. The molecule has 0 aromatic heterocycles. The number of nitrogens with one attached hydrogen (secondary N) is 1. The van der Waals surface area contributed by atoms with Crippen molar-refractivity contribution in [1.29, 1.82) is 0 Å². The predicted octanol–water partition coefficient (Wildman–Crippen LogP) is 0.301. The number of amides is 1. The summed E-state index contributed by atoms with van der Waals surface area (Å²) >= 11 is 0. The van der Waals surface area contributed by atoms with E-state index in [0.717, 1.165) is 5.56 Å². The Morgan fingerprint density at radius 3 is 2.38 bits per heavy atom. The van der Waals surface area contributed by atoms with Gasteiger partial charge in [-0.3, -0.25) is 9.59 Å². The number of rotatable bonds is 8. The molecular formula is C15H23N3O3. The van der Waals surface area contributed by atoms with Gasteiger partial charge in [0.05, 0.1) is 6.04 Å². The second-order valence-electron chi connectivity index (χ2n) is 4.85. The monoisotopic (exact) mass is 293 g/mol. The van der Waals surface area contributed by atoms with E-state index in [2.05, 4.69) is 5.32 Å². The lowest BCUT2D eigenvalue weighted by Gasteiger charge is -2.13. The molecule has 1 aromatic rings. The van der Waals surface area contributed by atoms with E-state index in [1.807, 2.05) is 30.3 Å². The van der Waals surface area contributed by atoms with E-state index < -0.39 is 18.1 Å². The number of carbonyl (C=O) groups excluding carboxylic acids is 2. The van der Waals surface area contributed by atoms with Crippen LogP contribution in [0.15, 0.2) is 30.3 Å². The van der Waals surface area contributed by atoms with Crippen molar-refractivity contribution in [3.63, 3.8) is 0 Å². The fraction of sp³-hybridized carbons (Fsp3) is 0.467. The van der Waals surface area contributed by atoms with Crippen LogP contribution >= 0.6 is 0 Å². The van der Waals surface area contributed by atoms with Gasteiger partial charge in [-0.15, -0.1) is 0 Å². The lowest BCUT2D eigenvalue weighted by Crippen LogP contribution is -2.39. The first-order valence-electron chi connectivity index (χ1n) is 6.98. The highest BCUT2D eigenvalue weighted by Gasteiger charge is 2.17. The summed E-state index contributed by atoms with van der Waals surface area (Å²) < 4.78 is 5.14. The van der Waals surface area contributed by atoms with E-state index in [4.69, 9.17) is 16.2 Å². The predicted molar refractivity (Wildman–Crippen MR) is 80.1 cm³/mol. The second-order valence-corrected chi connectivity index (χ2v) is 4.85. The van der Waals surface area contributed by atoms with Crippen molar-refractivity contribution < 1.29 is 14.3 Å². The number of ether oxygens (including phenoxy) is 1. The smallest absolute Gasteiger partial charge is 0.323 e. The normalized spacial score (nSPS) is 13.3. The zero-order chi connectivity index (χ0) is 15.7. The van der Waals surface area contributed by atoms with Crippen molar-refractivity contribution in [2.45, 2.75) is 38.0 Å². The van der Waals surface area contributed by atoms with Crippen LogP contribution in [0, 0.1) is 0 Å². The van der Waals surface area contributed by atoms with Gasteiger partial charge < -0.3 is 21.5 Å². The summed E-state index contributed by atoms with van der Waals surface area (Å²) in [6.45, 7) is 0.213. The summed E-state index contributed by atoms with van der Waals surface area (Å²) in [5.41, 5.74) is 12.3. The zero-order valence-electron chi connectivity index (χ0n) is 12.2. The molecule has 6 nitrogen and oxygen atoms in total. The Balaban J connectivity index is 2.24. The minimum Gasteiger partial charge on any atom is -0.460 e. The molecule has 0 radical (unpaired) electrons. The Hall–Kier alpha value is -1.92. The fourth-order valence-electron chi connectivity index (χ4n) is 1.83. The maximum absolute atomic E-state index is 11.7. The van der Waals surface area contributed by atoms with Gasteiger partial charge in [0.15, 0.2) is 0 Å². The lowest BCUT2D eigenvalue weighted by atomic mass is 10.1. The molecule has 2 atom stereocenters. The van der Waals surface area contributed by atoms with E-state index in [0.29, 0.717) is 19.3 Å². The van der Waals surface area contributed by atoms with Crippen molar-refractivity contribution in [1.82, 2.24) is 5.32 Å². The standard InChI is InChI=1S/C15H23N3O3/c1-18-14(19)12(16)8-5-9-13(17)15(20)21-10-11-6-3-2-4-7-11/h2-4,6-7,12-13H,5,8-10,16-17H2,1H3,(H,18,19)/t12-,13?/m0/s1. The summed E-state index contributed by atoms with van der Waals surface area (Å²) in [6.07, 6.45) is 1.52. The summed E-state index contributed by atoms with van der Waals surface area (Å²) in [5, 5.41) is 2.48. The molecule has 0 spiro atoms. The minimum atomic E-state index is -0.689. The summed E-state index contributed by atoms with van der Waals surface area (Å²) in [5.74, 6) is -0.650. The average Bonchev–Trinajstić information content (AvgIpc) is 2.52. The number of hydrogen-bond acceptors (Lipinski definition) is 5. The first-order chi connectivity index (χ1) is 10.0. The highest BCUT2D eigenvalue weighted by molar-refractivity contribution is 5.81. The van der Waals surface area contributed by atoms with E-state index >= 15 is 0 Å². The Bertz CT molecular complexity index is 451. The van der Waals surface area contributed by atoms with Gasteiger partial charge in [-0.2, -0.15) is 0 Å². The van der Waals surface area contributed by atoms with Crippen LogP contribution in [0.5, 0.6) is 0 Å². The molecule has 0 aliphatic rings. The Morgan fingerprint density at radius 1 is 1.14 bits per heavy atom. The van der Waals surface area contributed by atoms with Crippen LogP contribution in [-0.2, 0) is 20.9 Å². The molecule has 0 aliphatic carbocycles. The number of esters is 1. The Labute approximate surface area is 124 Å². The number of carbonyl (C=O) groups is 2. The fourth-order valence-corrected chi connectivity index (χ4v) is 1.83. The first kappa shape index (κ1) is 17.1. The Morgan fingerprint density at radius 2 is 1.76 bits per heavy atom. The molecule has 0 aliphatic heterocycles. The molecule has 0 saturated heterocycles. The largest absolute Gasteiger partial charge is 0.460 e. The molecule has 1 unspecified atom stereocenters. The highest BCUT2D eigenvalue weighted by Crippen LogP contribution is 2.06. The van der Waals surface area contributed by atoms with Crippen LogP contribution in [0.2, 0.25) is 0 Å². The van der Waals surface area contributed by atoms with Gasteiger partial charge in [-0.05, 0) is 24.8 Å². The van der Waals surface area contributed by atoms with Crippen LogP contribution in [0.1, 0.15) is 24.8 Å². The number of benzene rings is 1. The van der Waals surface area contributed by atoms with E-state index in [1.165, 1.54) is 7.05 Å². The van der Waals surface area contributed by atoms with E-state index in [9.17, 15) is 9.59 Å². The quantitative estimate of drug-likeness (QED) is 0.598. The van der Waals surface area contributed by atoms with Crippen LogP contribution in [0.3, 0.4) is 0 Å². The molecule has 0 fully saturated rings. The average molecular weight is 293 g/mol. The van der Waals surface area contributed by atoms with Crippen molar-refractivity contribution in [2.75, 3.05) is 7.05 Å². The molecule has 0 saturated carbocycles. The Kier molecular flexibility index (Phi) is 7.42. The van der Waals surface area contributed by atoms with Crippen LogP contribution in [0.25, 0.3) is 0 Å². The van der Waals surface area contributed by atoms with Crippen molar-refractivity contribution >= 4 is 11.9 Å². The number of hydrogen-bond donors (Lipinski definition) is 3. The van der Waals surface area contributed by atoms with Gasteiger partial charge in [0.1, 0.15) is 12.6 Å². The molecule has 116 valence electrons. The van der Waals surface area contributed by atoms with Gasteiger partial charge in [0.2, 0.25) is 5.91 Å². The molecule has 1 aromatic carbocycles. The highest BCUT2D eigenvalue weighted by atomic mass is 16.5. The summed E-state index contributed by atoms with van der Waals surface area (Å²) in [7, 11) is 1.54. The molecule has 0 bridgehead atoms. The van der Waals surface area contributed by atoms with Crippen LogP contribution in [-0.4, -0.2) is 31.0 Å². The molecule has 0 heterocycles. The molecule has 6 heteroatoms. The third kappa shape index (κ3) is 6.37. The van der Waals surface area contributed by atoms with Gasteiger partial charge >= 0.3 is 5.97 Å². The van der Waals surface area contributed by atoms with Crippen molar-refractivity contribution in [3.05, 3.63) is 35.9 Å². The first-order valence-corrected chi connectivity index (χ1v) is 6.98. The van der Waals surface area contributed by atoms with Crippen molar-refractivity contribution in [3.8, 4) is 0 Å². The summed E-state index contributed by atoms with van der Waals surface area (Å²) in [4.78, 5) is 22.9. The van der Waals surface area contributed by atoms with Gasteiger partial charge in [0, 0.05) is 7.05 Å². The SMILES string of the molecule is CNC(=O)[C@@H](N)CCCC(N)C(=O)OCc1ccccc1. The molecular weight excluding hydrogens is 270 g/mol. The van der Waals surface area contributed by atoms with Gasteiger partial charge in [-0.25, -0.2) is 0 Å². The number of nitrogens with two attached hydrogens (primary N) is 2. The van der Waals surface area contributed by atoms with E-state index in [-0.39, 0.29) is 12.5 Å². The third-order valence-corrected chi connectivity index (χ3v) is 3.14. The minimum absolute atomic E-state index is 0.213. The number of likely N-dealkylation sites (N-methyl/N-ethyl adjacent to an activating group) is 1. The zero-order valence-corrected chi connectivity index (χ0v) is 12.2. The topological polar surface area (TPSA) is 107 Å². The van der Waals surface area contributed by atoms with Crippen LogP contribution in [0.4, 0.5) is 0 Å². The van der Waals surface area contributed by atoms with Crippen LogP contribution < -0.4 is 16.8 Å². The second kappa shape index (κ2) is 9.10. The van der Waals surface area contributed by atoms with Gasteiger partial charge in [-0.1, -0.05) is 30.3 Å². The molecule has 1 amide bonds. The molecule has 5 N–H and O–H groups in total. The summed E-state index contributed by atoms with van der Waals surface area (Å²) in [6, 6.07) is 8.15. The molecule has 1 rings (SSSR count). The maximum atomic E-state index is 11.7. The van der Waals surface area contributed by atoms with E-state index in [1.54, 1.807) is 0 Å².